The molecule has 0 aromatic heterocycles. The van der Waals surface area contributed by atoms with Gasteiger partial charge in [-0.05, 0) is 83.0 Å². The smallest absolute Gasteiger partial charge is 0.408 e. The van der Waals surface area contributed by atoms with Crippen molar-refractivity contribution in [2.45, 2.75) is 120 Å². The highest BCUT2D eigenvalue weighted by atomic mass is 16.6. The van der Waals surface area contributed by atoms with Crippen LogP contribution in [0.5, 0.6) is 0 Å². The van der Waals surface area contributed by atoms with Crippen LogP contribution in [0.3, 0.4) is 0 Å². The number of carbonyl (C=O) groups is 5. The third-order valence-electron chi connectivity index (χ3n) is 7.20. The number of rotatable bonds is 13. The lowest BCUT2D eigenvalue weighted by Crippen LogP contribution is -2.56. The number of nitrogens with zero attached hydrogens (tertiary/aromatic N) is 2. The molecule has 0 heterocycles. The van der Waals surface area contributed by atoms with Gasteiger partial charge in [0.15, 0.2) is 0 Å². The van der Waals surface area contributed by atoms with Gasteiger partial charge in [-0.3, -0.25) is 19.2 Å². The van der Waals surface area contributed by atoms with Crippen molar-refractivity contribution in [3.8, 4) is 0 Å². The van der Waals surface area contributed by atoms with E-state index in [-0.39, 0.29) is 42.9 Å². The summed E-state index contributed by atoms with van der Waals surface area (Å²) in [4.78, 5) is 64.3. The van der Waals surface area contributed by atoms with Crippen molar-refractivity contribution in [2.75, 3.05) is 39.4 Å². The van der Waals surface area contributed by atoms with Gasteiger partial charge in [0.05, 0.1) is 19.3 Å². The predicted octanol–water partition coefficient (Wildman–Crippen LogP) is 3.89. The monoisotopic (exact) mass is 640 g/mol. The zero-order chi connectivity index (χ0) is 34.8. The number of amides is 3. The van der Waals surface area contributed by atoms with Gasteiger partial charge in [0, 0.05) is 13.1 Å². The second-order valence-electron chi connectivity index (χ2n) is 15.2. The third kappa shape index (κ3) is 16.3. The summed E-state index contributed by atoms with van der Waals surface area (Å²) in [5.41, 5.74) is 4.49. The molecule has 12 nitrogen and oxygen atoms in total. The molecule has 260 valence electrons. The van der Waals surface area contributed by atoms with E-state index in [1.807, 2.05) is 41.5 Å². The van der Waals surface area contributed by atoms with Crippen molar-refractivity contribution < 1.29 is 38.2 Å². The standard InChI is InChI=1S/C19H34N2O5.C14H26N2O3/c1-8-25-14(22)12-21(11-13-9-10-13)16(23)15(18(2,3)4)20-17(24)26-19(5,6)7;1-5-19-11(17)9-16(8-10-6-7-10)13(18)12(15)14(2,3)4/h13,15H,8-12H2,1-7H3,(H,20,24);10,12H,5-9,15H2,1-4H3/t15-;12-/m11/s1. The van der Waals surface area contributed by atoms with E-state index in [1.165, 1.54) is 4.90 Å². The summed E-state index contributed by atoms with van der Waals surface area (Å²) < 4.78 is 15.2. The molecule has 3 amide bonds. The summed E-state index contributed by atoms with van der Waals surface area (Å²) in [6, 6.07) is -1.40. The number of alkyl carbamates (subject to hydrolysis) is 1. The first-order valence-corrected chi connectivity index (χ1v) is 16.2. The largest absolute Gasteiger partial charge is 0.465 e. The topological polar surface area (TPSA) is 158 Å². The lowest BCUT2D eigenvalue weighted by atomic mass is 9.85. The van der Waals surface area contributed by atoms with E-state index in [9.17, 15) is 24.0 Å². The van der Waals surface area contributed by atoms with Crippen LogP contribution in [0.15, 0.2) is 0 Å². The molecule has 2 aliphatic rings. The minimum atomic E-state index is -0.800. The van der Waals surface area contributed by atoms with E-state index in [4.69, 9.17) is 19.9 Å². The molecule has 0 bridgehead atoms. The molecule has 0 spiro atoms. The van der Waals surface area contributed by atoms with Crippen molar-refractivity contribution >= 4 is 29.8 Å². The molecule has 2 rings (SSSR count). The maximum Gasteiger partial charge on any atom is 0.408 e. The molecule has 0 aliphatic heterocycles. The van der Waals surface area contributed by atoms with Gasteiger partial charge in [-0.2, -0.15) is 0 Å². The fourth-order valence-corrected chi connectivity index (χ4v) is 4.24. The first kappa shape index (κ1) is 40.1. The zero-order valence-electron chi connectivity index (χ0n) is 29.6. The average Bonchev–Trinajstić information content (AvgIpc) is 3.81. The van der Waals surface area contributed by atoms with Gasteiger partial charge >= 0.3 is 18.0 Å². The van der Waals surface area contributed by atoms with E-state index in [0.29, 0.717) is 31.5 Å². The fraction of sp³-hybridized carbons (Fsp3) is 0.848. The Labute approximate surface area is 270 Å². The summed E-state index contributed by atoms with van der Waals surface area (Å²) in [6.07, 6.45) is 3.70. The SMILES string of the molecule is CCOC(=O)CN(CC1CC1)C(=O)[C@@H](N)C(C)(C)C.CCOC(=O)CN(CC1CC1)C(=O)[C@@H](NC(=O)OC(C)(C)C)C(C)(C)C. The molecule has 45 heavy (non-hydrogen) atoms. The molecule has 3 N–H and O–H groups in total. The van der Waals surface area contributed by atoms with Gasteiger partial charge in [0.2, 0.25) is 11.8 Å². The molecule has 2 fully saturated rings. The Bertz CT molecular complexity index is 1000. The molecular weight excluding hydrogens is 580 g/mol. The number of hydrogen-bond donors (Lipinski definition) is 2. The van der Waals surface area contributed by atoms with E-state index in [1.54, 1.807) is 39.5 Å². The lowest BCUT2D eigenvalue weighted by molar-refractivity contribution is -0.150. The Balaban J connectivity index is 0.000000472. The Hall–Kier alpha value is -2.89. The first-order chi connectivity index (χ1) is 20.6. The van der Waals surface area contributed by atoms with Crippen molar-refractivity contribution in [3.63, 3.8) is 0 Å². The number of carbonyl (C=O) groups excluding carboxylic acids is 5. The number of ether oxygens (including phenoxy) is 3. The molecule has 0 radical (unpaired) electrons. The average molecular weight is 641 g/mol. The first-order valence-electron chi connectivity index (χ1n) is 16.2. The summed E-state index contributed by atoms with van der Waals surface area (Å²) in [5.74, 6) is -0.319. The Kier molecular flexibility index (Phi) is 15.3. The summed E-state index contributed by atoms with van der Waals surface area (Å²) >= 11 is 0. The van der Waals surface area contributed by atoms with Crippen LogP contribution in [0.25, 0.3) is 0 Å². The van der Waals surface area contributed by atoms with Crippen LogP contribution >= 0.6 is 0 Å². The fourth-order valence-electron chi connectivity index (χ4n) is 4.24. The van der Waals surface area contributed by atoms with Crippen LogP contribution in [-0.4, -0.2) is 96.7 Å². The quantitative estimate of drug-likeness (QED) is 0.225. The van der Waals surface area contributed by atoms with Crippen molar-refractivity contribution in [1.82, 2.24) is 15.1 Å². The summed E-state index contributed by atoms with van der Waals surface area (Å²) in [7, 11) is 0. The minimum absolute atomic E-state index is 0.00690. The molecule has 12 heteroatoms. The molecule has 0 unspecified atom stereocenters. The van der Waals surface area contributed by atoms with Gasteiger partial charge in [0.1, 0.15) is 24.7 Å². The van der Waals surface area contributed by atoms with E-state index < -0.39 is 35.2 Å². The molecule has 2 aliphatic carbocycles. The van der Waals surface area contributed by atoms with Crippen LogP contribution in [0.1, 0.15) is 102 Å². The highest BCUT2D eigenvalue weighted by Crippen LogP contribution is 2.32. The third-order valence-corrected chi connectivity index (χ3v) is 7.20. The Morgan fingerprint density at radius 3 is 1.42 bits per heavy atom. The second kappa shape index (κ2) is 17.1. The van der Waals surface area contributed by atoms with Crippen molar-refractivity contribution in [3.05, 3.63) is 0 Å². The van der Waals surface area contributed by atoms with Crippen LogP contribution in [0.2, 0.25) is 0 Å². The summed E-state index contributed by atoms with van der Waals surface area (Å²) in [6.45, 7) is 21.8. The van der Waals surface area contributed by atoms with Gasteiger partial charge in [0.25, 0.3) is 0 Å². The summed E-state index contributed by atoms with van der Waals surface area (Å²) in [5, 5.41) is 2.69. The molecule has 0 aromatic carbocycles. The van der Waals surface area contributed by atoms with Crippen LogP contribution < -0.4 is 11.1 Å². The molecule has 2 saturated carbocycles. The van der Waals surface area contributed by atoms with Crippen LogP contribution in [0.4, 0.5) is 4.79 Å². The number of nitrogens with one attached hydrogen (secondary N) is 1. The highest BCUT2D eigenvalue weighted by Gasteiger charge is 2.39. The minimum Gasteiger partial charge on any atom is -0.465 e. The Morgan fingerprint density at radius 2 is 1.11 bits per heavy atom. The number of nitrogens with two attached hydrogens (primary N) is 1. The molecular formula is C33H60N4O8. The lowest BCUT2D eigenvalue weighted by Gasteiger charge is -2.35. The molecule has 0 aromatic rings. The second-order valence-corrected chi connectivity index (χ2v) is 15.2. The maximum atomic E-state index is 13.1. The van der Waals surface area contributed by atoms with Gasteiger partial charge in [-0.15, -0.1) is 0 Å². The Morgan fingerprint density at radius 1 is 0.711 bits per heavy atom. The van der Waals surface area contributed by atoms with E-state index in [0.717, 1.165) is 25.7 Å². The van der Waals surface area contributed by atoms with E-state index >= 15 is 0 Å². The van der Waals surface area contributed by atoms with Crippen LogP contribution in [0, 0.1) is 22.7 Å². The van der Waals surface area contributed by atoms with E-state index in [2.05, 4.69) is 5.32 Å². The van der Waals surface area contributed by atoms with Gasteiger partial charge in [-0.1, -0.05) is 41.5 Å². The molecule has 2 atom stereocenters. The highest BCUT2D eigenvalue weighted by molar-refractivity contribution is 5.89. The predicted molar refractivity (Wildman–Crippen MR) is 172 cm³/mol. The number of esters is 2. The molecule has 0 saturated heterocycles. The maximum absolute atomic E-state index is 13.1. The zero-order valence-corrected chi connectivity index (χ0v) is 29.6. The normalized spacial score (nSPS) is 16.3. The van der Waals surface area contributed by atoms with Gasteiger partial charge in [-0.25, -0.2) is 4.79 Å². The van der Waals surface area contributed by atoms with Crippen LogP contribution in [-0.2, 0) is 33.4 Å². The number of hydrogen-bond acceptors (Lipinski definition) is 9. The van der Waals surface area contributed by atoms with Gasteiger partial charge < -0.3 is 35.1 Å². The van der Waals surface area contributed by atoms with Crippen molar-refractivity contribution in [2.24, 2.45) is 28.4 Å². The van der Waals surface area contributed by atoms with Crippen molar-refractivity contribution in [1.29, 1.82) is 0 Å².